The highest BCUT2D eigenvalue weighted by Gasteiger charge is 2.30. The SMILES string of the molecule is Cl.O=C(c1cnsn1)N1CCNCC1c1ccccc1Cl. The van der Waals surface area contributed by atoms with Gasteiger partial charge in [0.2, 0.25) is 0 Å². The number of benzene rings is 1. The van der Waals surface area contributed by atoms with Crippen LogP contribution in [-0.2, 0) is 0 Å². The molecule has 0 spiro atoms. The molecule has 1 saturated heterocycles. The molecule has 0 radical (unpaired) electrons. The summed E-state index contributed by atoms with van der Waals surface area (Å²) >= 11 is 7.30. The number of aromatic nitrogens is 2. The molecule has 1 aliphatic rings. The minimum absolute atomic E-state index is 0. The number of piperazine rings is 1. The van der Waals surface area contributed by atoms with Crippen LogP contribution in [-0.4, -0.2) is 39.2 Å². The topological polar surface area (TPSA) is 58.1 Å². The minimum atomic E-state index is -0.0924. The van der Waals surface area contributed by atoms with Gasteiger partial charge in [-0.15, -0.1) is 12.4 Å². The zero-order valence-electron chi connectivity index (χ0n) is 11.0. The molecule has 1 N–H and O–H groups in total. The Kier molecular flexibility index (Phi) is 5.52. The molecule has 1 atom stereocenters. The van der Waals surface area contributed by atoms with Crippen LogP contribution in [0.15, 0.2) is 30.5 Å². The van der Waals surface area contributed by atoms with E-state index in [-0.39, 0.29) is 24.4 Å². The number of carbonyl (C=O) groups excluding carboxylic acids is 1. The van der Waals surface area contributed by atoms with Crippen molar-refractivity contribution < 1.29 is 4.79 Å². The maximum Gasteiger partial charge on any atom is 0.275 e. The van der Waals surface area contributed by atoms with E-state index in [1.165, 1.54) is 6.20 Å². The third-order valence-electron chi connectivity index (χ3n) is 3.35. The summed E-state index contributed by atoms with van der Waals surface area (Å²) < 4.78 is 7.92. The quantitative estimate of drug-likeness (QED) is 0.908. The van der Waals surface area contributed by atoms with Crippen molar-refractivity contribution in [3.8, 4) is 0 Å². The van der Waals surface area contributed by atoms with Gasteiger partial charge in [0.1, 0.15) is 0 Å². The molecule has 3 rings (SSSR count). The highest BCUT2D eigenvalue weighted by molar-refractivity contribution is 6.99. The number of halogens is 2. The molecule has 0 aliphatic carbocycles. The summed E-state index contributed by atoms with van der Waals surface area (Å²) in [6.45, 7) is 2.09. The van der Waals surface area contributed by atoms with E-state index in [4.69, 9.17) is 11.6 Å². The van der Waals surface area contributed by atoms with Crippen molar-refractivity contribution in [2.75, 3.05) is 19.6 Å². The second-order valence-corrected chi connectivity index (χ2v) is 5.50. The molecule has 1 aliphatic heterocycles. The Balaban J connectivity index is 0.00000161. The number of carbonyl (C=O) groups is 1. The lowest BCUT2D eigenvalue weighted by atomic mass is 10.0. The number of hydrogen-bond acceptors (Lipinski definition) is 5. The monoisotopic (exact) mass is 344 g/mol. The fourth-order valence-electron chi connectivity index (χ4n) is 2.38. The smallest absolute Gasteiger partial charge is 0.275 e. The molecule has 5 nitrogen and oxygen atoms in total. The molecule has 1 aromatic heterocycles. The average Bonchev–Trinajstić information content (AvgIpc) is 3.01. The summed E-state index contributed by atoms with van der Waals surface area (Å²) in [5.74, 6) is -0.0924. The second kappa shape index (κ2) is 7.17. The fraction of sp³-hybridized carbons (Fsp3) is 0.308. The van der Waals surface area contributed by atoms with Crippen LogP contribution in [0.25, 0.3) is 0 Å². The van der Waals surface area contributed by atoms with Crippen molar-refractivity contribution in [3.05, 3.63) is 46.7 Å². The van der Waals surface area contributed by atoms with Crippen molar-refractivity contribution in [3.63, 3.8) is 0 Å². The van der Waals surface area contributed by atoms with Gasteiger partial charge in [0.25, 0.3) is 5.91 Å². The van der Waals surface area contributed by atoms with E-state index in [2.05, 4.69) is 14.1 Å². The Hall–Kier alpha value is -1.21. The molecular formula is C13H14Cl2N4OS. The van der Waals surface area contributed by atoms with Crippen LogP contribution in [0.3, 0.4) is 0 Å². The third-order valence-corrected chi connectivity index (χ3v) is 4.17. The van der Waals surface area contributed by atoms with Crippen molar-refractivity contribution >= 4 is 41.6 Å². The molecule has 0 bridgehead atoms. The van der Waals surface area contributed by atoms with Crippen LogP contribution in [0.2, 0.25) is 5.02 Å². The Morgan fingerprint density at radius 3 is 2.95 bits per heavy atom. The maximum absolute atomic E-state index is 12.5. The van der Waals surface area contributed by atoms with Crippen LogP contribution >= 0.6 is 35.7 Å². The van der Waals surface area contributed by atoms with Gasteiger partial charge in [-0.05, 0) is 11.6 Å². The summed E-state index contributed by atoms with van der Waals surface area (Å²) in [7, 11) is 0. The van der Waals surface area contributed by atoms with Gasteiger partial charge in [-0.25, -0.2) is 0 Å². The highest BCUT2D eigenvalue weighted by atomic mass is 35.5. The average molecular weight is 345 g/mol. The Morgan fingerprint density at radius 2 is 2.24 bits per heavy atom. The van der Waals surface area contributed by atoms with Gasteiger partial charge >= 0.3 is 0 Å². The molecule has 21 heavy (non-hydrogen) atoms. The van der Waals surface area contributed by atoms with Gasteiger partial charge in [-0.3, -0.25) is 4.79 Å². The molecule has 8 heteroatoms. The second-order valence-electron chi connectivity index (χ2n) is 4.53. The molecule has 2 aromatic rings. The molecule has 2 heterocycles. The third kappa shape index (κ3) is 3.35. The van der Waals surface area contributed by atoms with Crippen molar-refractivity contribution in [1.82, 2.24) is 19.0 Å². The molecular weight excluding hydrogens is 331 g/mol. The Labute approximate surface area is 138 Å². The van der Waals surface area contributed by atoms with Crippen molar-refractivity contribution in [2.45, 2.75) is 6.04 Å². The van der Waals surface area contributed by atoms with Crippen LogP contribution in [0.4, 0.5) is 0 Å². The van der Waals surface area contributed by atoms with Crippen LogP contribution in [0.1, 0.15) is 22.1 Å². The van der Waals surface area contributed by atoms with E-state index in [1.807, 2.05) is 29.2 Å². The Bertz CT molecular complexity index is 608. The fourth-order valence-corrected chi connectivity index (χ4v) is 3.05. The molecule has 1 aromatic carbocycles. The lowest BCUT2D eigenvalue weighted by molar-refractivity contribution is 0.0629. The maximum atomic E-state index is 12.5. The largest absolute Gasteiger partial charge is 0.328 e. The summed E-state index contributed by atoms with van der Waals surface area (Å²) in [4.78, 5) is 14.3. The first-order chi connectivity index (χ1) is 9.77. The van der Waals surface area contributed by atoms with Gasteiger partial charge in [0.05, 0.1) is 24.0 Å². The van der Waals surface area contributed by atoms with Gasteiger partial charge in [-0.1, -0.05) is 29.8 Å². The molecule has 1 unspecified atom stereocenters. The lowest BCUT2D eigenvalue weighted by Gasteiger charge is -2.36. The van der Waals surface area contributed by atoms with Gasteiger partial charge in [0.15, 0.2) is 5.69 Å². The van der Waals surface area contributed by atoms with Crippen molar-refractivity contribution in [1.29, 1.82) is 0 Å². The minimum Gasteiger partial charge on any atom is -0.328 e. The van der Waals surface area contributed by atoms with E-state index in [9.17, 15) is 4.79 Å². The summed E-state index contributed by atoms with van der Waals surface area (Å²) in [5.41, 5.74) is 1.35. The van der Waals surface area contributed by atoms with Crippen LogP contribution < -0.4 is 5.32 Å². The number of amides is 1. The zero-order valence-corrected chi connectivity index (χ0v) is 13.4. The lowest BCUT2D eigenvalue weighted by Crippen LogP contribution is -2.48. The Morgan fingerprint density at radius 1 is 1.43 bits per heavy atom. The van der Waals surface area contributed by atoms with E-state index >= 15 is 0 Å². The number of nitrogens with zero attached hydrogens (tertiary/aromatic N) is 3. The van der Waals surface area contributed by atoms with Crippen LogP contribution in [0, 0.1) is 0 Å². The van der Waals surface area contributed by atoms with Gasteiger partial charge in [-0.2, -0.15) is 8.75 Å². The first-order valence-electron chi connectivity index (χ1n) is 6.31. The number of nitrogens with one attached hydrogen (secondary N) is 1. The predicted octanol–water partition coefficient (Wildman–Crippen LogP) is 2.40. The number of rotatable bonds is 2. The zero-order chi connectivity index (χ0) is 13.9. The normalized spacial score (nSPS) is 18.1. The molecule has 1 fully saturated rings. The van der Waals surface area contributed by atoms with E-state index in [1.54, 1.807) is 0 Å². The summed E-state index contributed by atoms with van der Waals surface area (Å²) in [6, 6.07) is 7.55. The molecule has 112 valence electrons. The first kappa shape index (κ1) is 16.2. The first-order valence-corrected chi connectivity index (χ1v) is 7.42. The van der Waals surface area contributed by atoms with Gasteiger partial charge < -0.3 is 10.2 Å². The highest BCUT2D eigenvalue weighted by Crippen LogP contribution is 2.29. The van der Waals surface area contributed by atoms with Crippen molar-refractivity contribution in [2.24, 2.45) is 0 Å². The predicted molar refractivity (Wildman–Crippen MR) is 85.3 cm³/mol. The summed E-state index contributed by atoms with van der Waals surface area (Å²) in [6.07, 6.45) is 1.51. The van der Waals surface area contributed by atoms with Crippen LogP contribution in [0.5, 0.6) is 0 Å². The summed E-state index contributed by atoms with van der Waals surface area (Å²) in [5, 5.41) is 3.98. The standard InChI is InChI=1S/C13H13ClN4OS.ClH/c14-10-4-2-1-3-9(10)12-8-15-5-6-18(12)13(19)11-7-16-20-17-11;/h1-4,7,12,15H,5-6,8H2;1H. The molecule has 1 amide bonds. The van der Waals surface area contributed by atoms with E-state index < -0.39 is 0 Å². The number of hydrogen-bond donors (Lipinski definition) is 1. The van der Waals surface area contributed by atoms with E-state index in [0.29, 0.717) is 23.8 Å². The van der Waals surface area contributed by atoms with E-state index in [0.717, 1.165) is 23.8 Å². The van der Waals surface area contributed by atoms with Gasteiger partial charge in [0, 0.05) is 24.7 Å². The molecule has 0 saturated carbocycles.